The molecule has 0 atom stereocenters. The zero-order valence-corrected chi connectivity index (χ0v) is 11.7. The largest absolute Gasteiger partial charge is 0.469 e. The Morgan fingerprint density at radius 2 is 2.05 bits per heavy atom. The number of rotatable bonds is 5. The van der Waals surface area contributed by atoms with Gasteiger partial charge >= 0.3 is 5.97 Å². The summed E-state index contributed by atoms with van der Waals surface area (Å²) in [5.41, 5.74) is 1.47. The zero-order valence-electron chi connectivity index (χ0n) is 11.7. The van der Waals surface area contributed by atoms with E-state index in [9.17, 15) is 9.59 Å². The number of carbonyl (C=O) groups is 2. The smallest absolute Gasteiger partial charge is 0.307 e. The fourth-order valence-corrected chi connectivity index (χ4v) is 2.09. The molecule has 0 saturated heterocycles. The molecule has 1 heterocycles. The monoisotopic (exact) mass is 274 g/mol. The van der Waals surface area contributed by atoms with Crippen LogP contribution in [0.3, 0.4) is 0 Å². The second-order valence-electron chi connectivity index (χ2n) is 4.48. The molecule has 5 nitrogen and oxygen atoms in total. The van der Waals surface area contributed by atoms with Gasteiger partial charge in [-0.1, -0.05) is 18.2 Å². The van der Waals surface area contributed by atoms with E-state index in [2.05, 4.69) is 9.72 Å². The van der Waals surface area contributed by atoms with Crippen LogP contribution in [0.1, 0.15) is 23.8 Å². The molecule has 1 aromatic carbocycles. The van der Waals surface area contributed by atoms with E-state index in [1.807, 2.05) is 37.3 Å². The van der Waals surface area contributed by atoms with Gasteiger partial charge in [-0.3, -0.25) is 9.59 Å². The summed E-state index contributed by atoms with van der Waals surface area (Å²) < 4.78 is 4.59. The molecule has 0 aliphatic heterocycles. The van der Waals surface area contributed by atoms with Gasteiger partial charge in [0, 0.05) is 24.0 Å². The minimum atomic E-state index is -0.312. The Morgan fingerprint density at radius 3 is 2.70 bits per heavy atom. The van der Waals surface area contributed by atoms with Crippen LogP contribution in [-0.4, -0.2) is 42.0 Å². The number of ether oxygens (including phenoxy) is 1. The highest BCUT2D eigenvalue weighted by Crippen LogP contribution is 2.16. The zero-order chi connectivity index (χ0) is 14.5. The molecular formula is C15H18N2O3. The van der Waals surface area contributed by atoms with E-state index in [0.29, 0.717) is 18.8 Å². The number of nitrogens with zero attached hydrogens (tertiary/aromatic N) is 1. The average Bonchev–Trinajstić information content (AvgIpc) is 2.91. The number of esters is 1. The van der Waals surface area contributed by atoms with Crippen molar-refractivity contribution in [3.05, 3.63) is 36.0 Å². The molecule has 0 saturated carbocycles. The Kier molecular flexibility index (Phi) is 4.40. The molecule has 20 heavy (non-hydrogen) atoms. The van der Waals surface area contributed by atoms with Gasteiger partial charge in [0.1, 0.15) is 5.69 Å². The Bertz CT molecular complexity index is 585. The van der Waals surface area contributed by atoms with E-state index < -0.39 is 0 Å². The quantitative estimate of drug-likeness (QED) is 0.850. The Balaban J connectivity index is 2.13. The molecular weight excluding hydrogens is 256 g/mol. The first-order chi connectivity index (χ1) is 9.65. The van der Waals surface area contributed by atoms with Gasteiger partial charge < -0.3 is 14.6 Å². The molecule has 0 unspecified atom stereocenters. The van der Waals surface area contributed by atoms with Crippen molar-refractivity contribution in [3.8, 4) is 0 Å². The van der Waals surface area contributed by atoms with Crippen molar-refractivity contribution >= 4 is 22.8 Å². The predicted molar refractivity (Wildman–Crippen MR) is 76.5 cm³/mol. The molecule has 0 aliphatic rings. The first-order valence-electron chi connectivity index (χ1n) is 6.59. The number of methoxy groups -OCH3 is 1. The minimum absolute atomic E-state index is 0.104. The van der Waals surface area contributed by atoms with Gasteiger partial charge in [-0.15, -0.1) is 0 Å². The number of H-pyrrole nitrogens is 1. The minimum Gasteiger partial charge on any atom is -0.469 e. The van der Waals surface area contributed by atoms with E-state index in [0.717, 1.165) is 10.9 Å². The van der Waals surface area contributed by atoms with Crippen molar-refractivity contribution in [1.82, 2.24) is 9.88 Å². The average molecular weight is 274 g/mol. The summed E-state index contributed by atoms with van der Waals surface area (Å²) in [6.45, 7) is 2.79. The SMILES string of the molecule is CCN(CCC(=O)OC)C(=O)c1cc2ccccc2[nH]1. The van der Waals surface area contributed by atoms with Crippen LogP contribution in [0.25, 0.3) is 10.9 Å². The van der Waals surface area contributed by atoms with Gasteiger partial charge in [-0.25, -0.2) is 0 Å². The fraction of sp³-hybridized carbons (Fsp3) is 0.333. The highest BCUT2D eigenvalue weighted by Gasteiger charge is 2.17. The molecule has 5 heteroatoms. The molecule has 0 spiro atoms. The number of nitrogens with one attached hydrogen (secondary N) is 1. The van der Waals surface area contributed by atoms with Gasteiger partial charge in [-0.05, 0) is 19.1 Å². The standard InChI is InChI=1S/C15H18N2O3/c1-3-17(9-8-14(18)20-2)15(19)13-10-11-6-4-5-7-12(11)16-13/h4-7,10,16H,3,8-9H2,1-2H3. The summed E-state index contributed by atoms with van der Waals surface area (Å²) >= 11 is 0. The second-order valence-corrected chi connectivity index (χ2v) is 4.48. The second kappa shape index (κ2) is 6.23. The lowest BCUT2D eigenvalue weighted by Gasteiger charge is -2.19. The van der Waals surface area contributed by atoms with Crippen molar-refractivity contribution < 1.29 is 14.3 Å². The molecule has 1 amide bonds. The summed E-state index contributed by atoms with van der Waals surface area (Å²) in [6.07, 6.45) is 0.205. The molecule has 0 aliphatic carbocycles. The molecule has 2 aromatic rings. The van der Waals surface area contributed by atoms with E-state index >= 15 is 0 Å². The van der Waals surface area contributed by atoms with Crippen LogP contribution in [0, 0.1) is 0 Å². The first kappa shape index (κ1) is 14.1. The van der Waals surface area contributed by atoms with Crippen LogP contribution in [-0.2, 0) is 9.53 Å². The van der Waals surface area contributed by atoms with Crippen molar-refractivity contribution in [3.63, 3.8) is 0 Å². The van der Waals surface area contributed by atoms with E-state index in [4.69, 9.17) is 0 Å². The van der Waals surface area contributed by atoms with Gasteiger partial charge in [0.15, 0.2) is 0 Å². The summed E-state index contributed by atoms with van der Waals surface area (Å²) in [5, 5.41) is 1.000. The van der Waals surface area contributed by atoms with Crippen molar-refractivity contribution in [2.24, 2.45) is 0 Å². The molecule has 106 valence electrons. The van der Waals surface area contributed by atoms with Gasteiger partial charge in [0.25, 0.3) is 5.91 Å². The van der Waals surface area contributed by atoms with E-state index in [1.165, 1.54) is 7.11 Å². The summed E-state index contributed by atoms with van der Waals surface area (Å²) in [6, 6.07) is 9.56. The number of hydrogen-bond donors (Lipinski definition) is 1. The van der Waals surface area contributed by atoms with Gasteiger partial charge in [0.2, 0.25) is 0 Å². The van der Waals surface area contributed by atoms with Gasteiger partial charge in [-0.2, -0.15) is 0 Å². The maximum absolute atomic E-state index is 12.4. The third kappa shape index (κ3) is 2.99. The maximum Gasteiger partial charge on any atom is 0.307 e. The van der Waals surface area contributed by atoms with Crippen molar-refractivity contribution in [2.75, 3.05) is 20.2 Å². The third-order valence-electron chi connectivity index (χ3n) is 3.24. The van der Waals surface area contributed by atoms with E-state index in [1.54, 1.807) is 4.90 Å². The number of carbonyl (C=O) groups excluding carboxylic acids is 2. The predicted octanol–water partition coefficient (Wildman–Crippen LogP) is 2.19. The maximum atomic E-state index is 12.4. The van der Waals surface area contributed by atoms with Crippen LogP contribution in [0.5, 0.6) is 0 Å². The molecule has 0 fully saturated rings. The fourth-order valence-electron chi connectivity index (χ4n) is 2.09. The molecule has 1 aromatic heterocycles. The lowest BCUT2D eigenvalue weighted by molar-refractivity contribution is -0.140. The molecule has 1 N–H and O–H groups in total. The molecule has 0 bridgehead atoms. The topological polar surface area (TPSA) is 62.4 Å². The van der Waals surface area contributed by atoms with Crippen molar-refractivity contribution in [2.45, 2.75) is 13.3 Å². The summed E-state index contributed by atoms with van der Waals surface area (Å²) in [5.74, 6) is -0.416. The number of amides is 1. The Labute approximate surface area is 117 Å². The van der Waals surface area contributed by atoms with Crippen LogP contribution >= 0.6 is 0 Å². The highest BCUT2D eigenvalue weighted by atomic mass is 16.5. The first-order valence-corrected chi connectivity index (χ1v) is 6.59. The lowest BCUT2D eigenvalue weighted by Crippen LogP contribution is -2.33. The Hall–Kier alpha value is -2.30. The highest BCUT2D eigenvalue weighted by molar-refractivity contribution is 5.98. The van der Waals surface area contributed by atoms with Crippen LogP contribution < -0.4 is 0 Å². The third-order valence-corrected chi connectivity index (χ3v) is 3.24. The number of hydrogen-bond acceptors (Lipinski definition) is 3. The number of para-hydroxylation sites is 1. The number of fused-ring (bicyclic) bond motifs is 1. The van der Waals surface area contributed by atoms with Crippen LogP contribution in [0.15, 0.2) is 30.3 Å². The number of aromatic amines is 1. The van der Waals surface area contributed by atoms with Crippen molar-refractivity contribution in [1.29, 1.82) is 0 Å². The normalized spacial score (nSPS) is 10.5. The lowest BCUT2D eigenvalue weighted by atomic mass is 10.2. The number of aromatic nitrogens is 1. The van der Waals surface area contributed by atoms with E-state index in [-0.39, 0.29) is 18.3 Å². The molecule has 2 rings (SSSR count). The molecule has 0 radical (unpaired) electrons. The number of benzene rings is 1. The Morgan fingerprint density at radius 1 is 1.30 bits per heavy atom. The van der Waals surface area contributed by atoms with Crippen LogP contribution in [0.4, 0.5) is 0 Å². The van der Waals surface area contributed by atoms with Crippen LogP contribution in [0.2, 0.25) is 0 Å². The summed E-state index contributed by atoms with van der Waals surface area (Å²) in [4.78, 5) is 28.3. The summed E-state index contributed by atoms with van der Waals surface area (Å²) in [7, 11) is 1.35. The van der Waals surface area contributed by atoms with Gasteiger partial charge in [0.05, 0.1) is 13.5 Å².